The first-order valence-electron chi connectivity index (χ1n) is 7.12. The van der Waals surface area contributed by atoms with Crippen LogP contribution >= 0.6 is 12.4 Å². The molecule has 2 rings (SSSR count). The molecule has 1 amide bonds. The molecule has 1 aliphatic carbocycles. The highest BCUT2D eigenvalue weighted by molar-refractivity contribution is 5.93. The number of benzene rings is 1. The van der Waals surface area contributed by atoms with Crippen molar-refractivity contribution in [1.82, 2.24) is 5.32 Å². The van der Waals surface area contributed by atoms with E-state index in [-0.39, 0.29) is 30.7 Å². The predicted molar refractivity (Wildman–Crippen MR) is 83.7 cm³/mol. The Labute approximate surface area is 130 Å². The van der Waals surface area contributed by atoms with Gasteiger partial charge >= 0.3 is 0 Å². The molecule has 0 aromatic heterocycles. The van der Waals surface area contributed by atoms with Gasteiger partial charge in [-0.2, -0.15) is 0 Å². The van der Waals surface area contributed by atoms with Gasteiger partial charge in [0, 0.05) is 6.07 Å². The van der Waals surface area contributed by atoms with Crippen molar-refractivity contribution in [3.05, 3.63) is 24.0 Å². The molecule has 1 saturated carbocycles. The quantitative estimate of drug-likeness (QED) is 0.775. The number of amides is 1. The Hall–Kier alpha value is -1.33. The van der Waals surface area contributed by atoms with Crippen LogP contribution < -0.4 is 15.4 Å². The van der Waals surface area contributed by atoms with Crippen molar-refractivity contribution in [2.45, 2.75) is 26.2 Å². The van der Waals surface area contributed by atoms with E-state index in [0.717, 1.165) is 18.9 Å². The summed E-state index contributed by atoms with van der Waals surface area (Å²) in [5.41, 5.74) is 0.512. The summed E-state index contributed by atoms with van der Waals surface area (Å²) in [6.07, 6.45) is 3.33. The van der Waals surface area contributed by atoms with Gasteiger partial charge in [0.2, 0.25) is 5.91 Å². The zero-order valence-corrected chi connectivity index (χ0v) is 13.0. The third kappa shape index (κ3) is 6.31. The Morgan fingerprint density at radius 2 is 2.19 bits per heavy atom. The monoisotopic (exact) mass is 316 g/mol. The number of carbonyl (C=O) groups is 1. The van der Waals surface area contributed by atoms with Crippen LogP contribution in [-0.4, -0.2) is 25.6 Å². The maximum atomic E-state index is 13.2. The molecule has 0 aliphatic heterocycles. The lowest BCUT2D eigenvalue weighted by atomic mass is 10.2. The average Bonchev–Trinajstić information content (AvgIpc) is 3.23. The van der Waals surface area contributed by atoms with E-state index in [1.165, 1.54) is 31.0 Å². The number of nitrogens with one attached hydrogen (secondary N) is 2. The Balaban J connectivity index is 0.00000220. The standard InChI is InChI=1S/C15H21FN2O2.ClH/c1-2-7-20-14-8-12(16)5-6-13(14)18-15(19)10-17-9-11-3-4-11;/h5-6,8,11,17H,2-4,7,9-10H2,1H3,(H,18,19);1H. The molecule has 1 aromatic carbocycles. The van der Waals surface area contributed by atoms with Gasteiger partial charge < -0.3 is 15.4 Å². The summed E-state index contributed by atoms with van der Waals surface area (Å²) in [7, 11) is 0. The van der Waals surface area contributed by atoms with Gasteiger partial charge in [-0.15, -0.1) is 12.4 Å². The molecule has 0 unspecified atom stereocenters. The van der Waals surface area contributed by atoms with Crippen LogP contribution in [0.25, 0.3) is 0 Å². The maximum Gasteiger partial charge on any atom is 0.238 e. The summed E-state index contributed by atoms with van der Waals surface area (Å²) < 4.78 is 18.7. The Kier molecular flexibility index (Phi) is 7.47. The molecule has 0 saturated heterocycles. The Morgan fingerprint density at radius 3 is 2.86 bits per heavy atom. The summed E-state index contributed by atoms with van der Waals surface area (Å²) >= 11 is 0. The van der Waals surface area contributed by atoms with Crippen LogP contribution in [0, 0.1) is 11.7 Å². The zero-order chi connectivity index (χ0) is 14.4. The second kappa shape index (κ2) is 8.85. The number of ether oxygens (including phenoxy) is 1. The second-order valence-corrected chi connectivity index (χ2v) is 5.11. The molecule has 0 bridgehead atoms. The summed E-state index contributed by atoms with van der Waals surface area (Å²) in [6.45, 7) is 3.61. The lowest BCUT2D eigenvalue weighted by Gasteiger charge is -2.12. The number of rotatable bonds is 8. The fourth-order valence-corrected chi connectivity index (χ4v) is 1.84. The van der Waals surface area contributed by atoms with Crippen LogP contribution in [0.4, 0.5) is 10.1 Å². The van der Waals surface area contributed by atoms with Gasteiger partial charge in [0.05, 0.1) is 18.8 Å². The minimum Gasteiger partial charge on any atom is -0.491 e. The fraction of sp³-hybridized carbons (Fsp3) is 0.533. The molecular formula is C15H22ClFN2O2. The van der Waals surface area contributed by atoms with Crippen molar-refractivity contribution in [2.24, 2.45) is 5.92 Å². The molecule has 0 spiro atoms. The van der Waals surface area contributed by atoms with E-state index in [2.05, 4.69) is 10.6 Å². The minimum atomic E-state index is -0.374. The number of hydrogen-bond donors (Lipinski definition) is 2. The summed E-state index contributed by atoms with van der Waals surface area (Å²) in [6, 6.07) is 4.13. The summed E-state index contributed by atoms with van der Waals surface area (Å²) in [5, 5.41) is 5.86. The van der Waals surface area contributed by atoms with Crippen LogP contribution in [-0.2, 0) is 4.79 Å². The number of hydrogen-bond acceptors (Lipinski definition) is 3. The normalized spacial score (nSPS) is 13.4. The average molecular weight is 317 g/mol. The third-order valence-corrected chi connectivity index (χ3v) is 3.09. The summed E-state index contributed by atoms with van der Waals surface area (Å²) in [5.74, 6) is 0.596. The lowest BCUT2D eigenvalue weighted by molar-refractivity contribution is -0.115. The zero-order valence-electron chi connectivity index (χ0n) is 12.2. The van der Waals surface area contributed by atoms with Crippen molar-refractivity contribution >= 4 is 24.0 Å². The van der Waals surface area contributed by atoms with Crippen LogP contribution in [0.2, 0.25) is 0 Å². The molecule has 0 heterocycles. The maximum absolute atomic E-state index is 13.2. The van der Waals surface area contributed by atoms with Gasteiger partial charge in [-0.05, 0) is 43.9 Å². The van der Waals surface area contributed by atoms with E-state index < -0.39 is 0 Å². The van der Waals surface area contributed by atoms with E-state index in [0.29, 0.717) is 18.0 Å². The number of anilines is 1. The van der Waals surface area contributed by atoms with Crippen molar-refractivity contribution < 1.29 is 13.9 Å². The molecule has 1 aliphatic rings. The van der Waals surface area contributed by atoms with E-state index in [4.69, 9.17) is 4.74 Å². The van der Waals surface area contributed by atoms with Crippen LogP contribution in [0.1, 0.15) is 26.2 Å². The Bertz CT molecular complexity index is 467. The molecule has 21 heavy (non-hydrogen) atoms. The highest BCUT2D eigenvalue weighted by Gasteiger charge is 2.20. The molecule has 1 fully saturated rings. The van der Waals surface area contributed by atoms with Crippen molar-refractivity contribution in [2.75, 3.05) is 25.0 Å². The van der Waals surface area contributed by atoms with Crippen LogP contribution in [0.3, 0.4) is 0 Å². The second-order valence-electron chi connectivity index (χ2n) is 5.11. The van der Waals surface area contributed by atoms with Crippen molar-refractivity contribution in [1.29, 1.82) is 0 Å². The third-order valence-electron chi connectivity index (χ3n) is 3.09. The molecule has 1 aromatic rings. The van der Waals surface area contributed by atoms with E-state index in [9.17, 15) is 9.18 Å². The van der Waals surface area contributed by atoms with Gasteiger partial charge in [0.25, 0.3) is 0 Å². The van der Waals surface area contributed by atoms with Crippen molar-refractivity contribution in [3.8, 4) is 5.75 Å². The fourth-order valence-electron chi connectivity index (χ4n) is 1.84. The predicted octanol–water partition coefficient (Wildman–Crippen LogP) is 2.97. The number of carbonyl (C=O) groups excluding carboxylic acids is 1. The van der Waals surface area contributed by atoms with Gasteiger partial charge in [-0.3, -0.25) is 4.79 Å². The van der Waals surface area contributed by atoms with E-state index in [1.807, 2.05) is 6.92 Å². The highest BCUT2D eigenvalue weighted by Crippen LogP contribution is 2.27. The molecular weight excluding hydrogens is 295 g/mol. The highest BCUT2D eigenvalue weighted by atomic mass is 35.5. The van der Waals surface area contributed by atoms with Gasteiger partial charge in [-0.1, -0.05) is 6.92 Å². The largest absolute Gasteiger partial charge is 0.491 e. The first-order valence-corrected chi connectivity index (χ1v) is 7.12. The van der Waals surface area contributed by atoms with Crippen LogP contribution in [0.5, 0.6) is 5.75 Å². The van der Waals surface area contributed by atoms with E-state index >= 15 is 0 Å². The lowest BCUT2D eigenvalue weighted by Crippen LogP contribution is -2.29. The molecule has 0 radical (unpaired) electrons. The van der Waals surface area contributed by atoms with Crippen LogP contribution in [0.15, 0.2) is 18.2 Å². The van der Waals surface area contributed by atoms with E-state index in [1.54, 1.807) is 0 Å². The molecule has 0 atom stereocenters. The first-order chi connectivity index (χ1) is 9.69. The Morgan fingerprint density at radius 1 is 1.43 bits per heavy atom. The van der Waals surface area contributed by atoms with Gasteiger partial charge in [0.1, 0.15) is 11.6 Å². The molecule has 118 valence electrons. The van der Waals surface area contributed by atoms with Gasteiger partial charge in [0.15, 0.2) is 0 Å². The summed E-state index contributed by atoms with van der Waals surface area (Å²) in [4.78, 5) is 11.8. The van der Waals surface area contributed by atoms with Crippen molar-refractivity contribution in [3.63, 3.8) is 0 Å². The molecule has 4 nitrogen and oxygen atoms in total. The topological polar surface area (TPSA) is 50.4 Å². The SMILES string of the molecule is CCCOc1cc(F)ccc1NC(=O)CNCC1CC1.Cl. The van der Waals surface area contributed by atoms with Gasteiger partial charge in [-0.25, -0.2) is 4.39 Å². The smallest absolute Gasteiger partial charge is 0.238 e. The molecule has 6 heteroatoms. The first kappa shape index (κ1) is 17.7. The molecule has 2 N–H and O–H groups in total. The minimum absolute atomic E-state index is 0. The number of halogens is 2.